The van der Waals surface area contributed by atoms with E-state index in [9.17, 15) is 0 Å². The van der Waals surface area contributed by atoms with Crippen LogP contribution in [0.3, 0.4) is 0 Å². The third-order valence-electron chi connectivity index (χ3n) is 1.77. The molecule has 0 aromatic carbocycles. The Kier molecular flexibility index (Phi) is 5.82. The summed E-state index contributed by atoms with van der Waals surface area (Å²) in [5.41, 5.74) is 0.979. The summed E-state index contributed by atoms with van der Waals surface area (Å²) in [5, 5.41) is 11.3. The molecule has 0 unspecified atom stereocenters. The molecule has 0 aromatic heterocycles. The summed E-state index contributed by atoms with van der Waals surface area (Å²) in [6, 6.07) is 0. The first kappa shape index (κ1) is 12.5. The van der Waals surface area contributed by atoms with Crippen LogP contribution in [-0.2, 0) is 4.84 Å². The van der Waals surface area contributed by atoms with Gasteiger partial charge in [0.1, 0.15) is 12.9 Å². The van der Waals surface area contributed by atoms with Crippen molar-refractivity contribution in [2.75, 3.05) is 26.1 Å². The largest absolute Gasteiger partial charge is 0.399 e. The van der Waals surface area contributed by atoms with Crippen LogP contribution in [-0.4, -0.2) is 42.5 Å². The number of alkyl halides is 1. The van der Waals surface area contributed by atoms with E-state index in [0.717, 1.165) is 18.7 Å². The molecule has 0 radical (unpaired) electrons. The third kappa shape index (κ3) is 3.40. The highest BCUT2D eigenvalue weighted by atomic mass is 35.5. The van der Waals surface area contributed by atoms with Crippen LogP contribution >= 0.6 is 24.0 Å². The summed E-state index contributed by atoms with van der Waals surface area (Å²) in [6.45, 7) is 1.51. The van der Waals surface area contributed by atoms with E-state index >= 15 is 0 Å². The van der Waals surface area contributed by atoms with Crippen LogP contribution in [0, 0.1) is 5.41 Å². The molecule has 1 N–H and O–H groups in total. The molecule has 0 bridgehead atoms. The molecule has 4 nitrogen and oxygen atoms in total. The SMILES string of the molecule is CON=C1CCN(C(=N)CCl)C1.Cl. The van der Waals surface area contributed by atoms with E-state index in [1.165, 1.54) is 7.11 Å². The van der Waals surface area contributed by atoms with Crippen molar-refractivity contribution in [2.24, 2.45) is 5.16 Å². The van der Waals surface area contributed by atoms with Gasteiger partial charge in [-0.25, -0.2) is 0 Å². The summed E-state index contributed by atoms with van der Waals surface area (Å²) < 4.78 is 0. The highest BCUT2D eigenvalue weighted by molar-refractivity contribution is 6.27. The zero-order valence-electron chi connectivity index (χ0n) is 7.42. The number of nitrogens with zero attached hydrogens (tertiary/aromatic N) is 2. The summed E-state index contributed by atoms with van der Waals surface area (Å²) in [7, 11) is 1.53. The van der Waals surface area contributed by atoms with Crippen LogP contribution < -0.4 is 0 Å². The minimum Gasteiger partial charge on any atom is -0.399 e. The van der Waals surface area contributed by atoms with Gasteiger partial charge in [-0.05, 0) is 0 Å². The molecule has 1 fully saturated rings. The Morgan fingerprint density at radius 3 is 3.00 bits per heavy atom. The van der Waals surface area contributed by atoms with Crippen LogP contribution in [0.1, 0.15) is 6.42 Å². The molecular weight excluding hydrogens is 213 g/mol. The van der Waals surface area contributed by atoms with Crippen molar-refractivity contribution in [3.05, 3.63) is 0 Å². The predicted molar refractivity (Wildman–Crippen MR) is 56.3 cm³/mol. The maximum Gasteiger partial charge on any atom is 0.111 e. The number of likely N-dealkylation sites (tertiary alicyclic amines) is 1. The van der Waals surface area contributed by atoms with Crippen molar-refractivity contribution in [1.29, 1.82) is 5.41 Å². The first-order chi connectivity index (χ1) is 5.77. The van der Waals surface area contributed by atoms with Crippen molar-refractivity contribution < 1.29 is 4.84 Å². The van der Waals surface area contributed by atoms with Gasteiger partial charge in [0, 0.05) is 13.0 Å². The fourth-order valence-corrected chi connectivity index (χ4v) is 1.33. The Bertz CT molecular complexity index is 208. The Labute approximate surface area is 88.8 Å². The molecular formula is C7H13Cl2N3O. The maximum atomic E-state index is 7.45. The maximum absolute atomic E-state index is 7.45. The first-order valence-corrected chi connectivity index (χ1v) is 4.28. The molecule has 76 valence electrons. The van der Waals surface area contributed by atoms with E-state index in [1.807, 2.05) is 4.90 Å². The van der Waals surface area contributed by atoms with E-state index in [0.29, 0.717) is 12.4 Å². The molecule has 1 aliphatic rings. The lowest BCUT2D eigenvalue weighted by molar-refractivity contribution is 0.212. The minimum absolute atomic E-state index is 0. The number of hydrogen-bond acceptors (Lipinski definition) is 3. The van der Waals surface area contributed by atoms with Gasteiger partial charge in [-0.3, -0.25) is 5.41 Å². The zero-order valence-corrected chi connectivity index (χ0v) is 8.99. The van der Waals surface area contributed by atoms with Gasteiger partial charge >= 0.3 is 0 Å². The van der Waals surface area contributed by atoms with E-state index in [2.05, 4.69) is 9.99 Å². The lowest BCUT2D eigenvalue weighted by Gasteiger charge is -2.14. The van der Waals surface area contributed by atoms with Crippen LogP contribution in [0.5, 0.6) is 0 Å². The molecule has 1 heterocycles. The smallest absolute Gasteiger partial charge is 0.111 e. The molecule has 13 heavy (non-hydrogen) atoms. The fraction of sp³-hybridized carbons (Fsp3) is 0.714. The van der Waals surface area contributed by atoms with E-state index in [-0.39, 0.29) is 18.3 Å². The summed E-state index contributed by atoms with van der Waals surface area (Å²) in [6.07, 6.45) is 0.868. The second-order valence-corrected chi connectivity index (χ2v) is 2.86. The quantitative estimate of drug-likeness (QED) is 0.334. The Morgan fingerprint density at radius 2 is 2.46 bits per heavy atom. The lowest BCUT2D eigenvalue weighted by atomic mass is 10.3. The molecule has 0 amide bonds. The molecule has 0 atom stereocenters. The Balaban J connectivity index is 0.00000144. The molecule has 0 spiro atoms. The highest BCUT2D eigenvalue weighted by Crippen LogP contribution is 2.07. The molecule has 1 saturated heterocycles. The van der Waals surface area contributed by atoms with Gasteiger partial charge in [0.15, 0.2) is 0 Å². The van der Waals surface area contributed by atoms with E-state index in [1.54, 1.807) is 0 Å². The van der Waals surface area contributed by atoms with E-state index in [4.69, 9.17) is 17.0 Å². The topological polar surface area (TPSA) is 48.7 Å². The van der Waals surface area contributed by atoms with Gasteiger partial charge in [0.2, 0.25) is 0 Å². The number of halogens is 2. The number of oxime groups is 1. The fourth-order valence-electron chi connectivity index (χ4n) is 1.16. The van der Waals surface area contributed by atoms with Gasteiger partial charge in [0.25, 0.3) is 0 Å². The van der Waals surface area contributed by atoms with Crippen molar-refractivity contribution >= 4 is 35.6 Å². The first-order valence-electron chi connectivity index (χ1n) is 3.75. The number of hydrogen-bond donors (Lipinski definition) is 1. The third-order valence-corrected chi connectivity index (χ3v) is 2.03. The van der Waals surface area contributed by atoms with E-state index < -0.39 is 0 Å². The average molecular weight is 226 g/mol. The van der Waals surface area contributed by atoms with Gasteiger partial charge in [-0.15, -0.1) is 24.0 Å². The van der Waals surface area contributed by atoms with Crippen molar-refractivity contribution in [2.45, 2.75) is 6.42 Å². The van der Waals surface area contributed by atoms with Gasteiger partial charge in [0.05, 0.1) is 18.1 Å². The summed E-state index contributed by atoms with van der Waals surface area (Å²) in [4.78, 5) is 6.54. The minimum atomic E-state index is 0. The molecule has 0 aromatic rings. The summed E-state index contributed by atoms with van der Waals surface area (Å²) >= 11 is 5.52. The lowest BCUT2D eigenvalue weighted by Crippen LogP contribution is -2.29. The number of rotatable bonds is 2. The number of nitrogens with one attached hydrogen (secondary N) is 1. The van der Waals surface area contributed by atoms with Gasteiger partial charge in [-0.2, -0.15) is 0 Å². The monoisotopic (exact) mass is 225 g/mol. The van der Waals surface area contributed by atoms with Gasteiger partial charge in [-0.1, -0.05) is 5.16 Å². The molecule has 1 aliphatic heterocycles. The van der Waals surface area contributed by atoms with Gasteiger partial charge < -0.3 is 9.74 Å². The second-order valence-electron chi connectivity index (χ2n) is 2.59. The second kappa shape index (κ2) is 6.05. The van der Waals surface area contributed by atoms with Crippen molar-refractivity contribution in [1.82, 2.24) is 4.90 Å². The van der Waals surface area contributed by atoms with Crippen LogP contribution in [0.2, 0.25) is 0 Å². The highest BCUT2D eigenvalue weighted by Gasteiger charge is 2.19. The average Bonchev–Trinajstić information content (AvgIpc) is 2.52. The van der Waals surface area contributed by atoms with Crippen molar-refractivity contribution in [3.63, 3.8) is 0 Å². The summed E-state index contributed by atoms with van der Waals surface area (Å²) in [5.74, 6) is 0.721. The number of amidine groups is 1. The standard InChI is InChI=1S/C7H12ClN3O.ClH/c1-12-10-6-2-3-11(5-6)7(9)4-8;/h9H,2-5H2,1H3;1H. The normalized spacial score (nSPS) is 18.6. The molecule has 0 aliphatic carbocycles. The zero-order chi connectivity index (χ0) is 8.97. The molecule has 0 saturated carbocycles. The molecule has 1 rings (SSSR count). The Morgan fingerprint density at radius 1 is 1.77 bits per heavy atom. The van der Waals surface area contributed by atoms with Crippen LogP contribution in [0.15, 0.2) is 5.16 Å². The Hall–Kier alpha value is -0.480. The predicted octanol–water partition coefficient (Wildman–Crippen LogP) is 1.33. The van der Waals surface area contributed by atoms with Crippen molar-refractivity contribution in [3.8, 4) is 0 Å². The van der Waals surface area contributed by atoms with Crippen LogP contribution in [0.25, 0.3) is 0 Å². The molecule has 6 heteroatoms. The van der Waals surface area contributed by atoms with Crippen LogP contribution in [0.4, 0.5) is 0 Å².